The Kier molecular flexibility index (Phi) is 8.02. The summed E-state index contributed by atoms with van der Waals surface area (Å²) in [5.41, 5.74) is -0.272. The lowest BCUT2D eigenvalue weighted by Gasteiger charge is -2.34. The SMILES string of the molecule is CC1CN(S(=O)(=O)c2ccc(NC(=O)CN(C)Cc3ccccc3C(F)(F)F)cc2)CC(C)O1. The molecule has 0 saturated carbocycles. The molecule has 34 heavy (non-hydrogen) atoms. The highest BCUT2D eigenvalue weighted by atomic mass is 32.2. The molecule has 1 fully saturated rings. The van der Waals surface area contributed by atoms with Gasteiger partial charge < -0.3 is 10.1 Å². The molecule has 2 aromatic carbocycles. The highest BCUT2D eigenvalue weighted by molar-refractivity contribution is 7.89. The van der Waals surface area contributed by atoms with Crippen molar-refractivity contribution in [2.24, 2.45) is 0 Å². The smallest absolute Gasteiger partial charge is 0.373 e. The average Bonchev–Trinajstić information content (AvgIpc) is 2.73. The van der Waals surface area contributed by atoms with E-state index in [1.807, 2.05) is 13.8 Å². The first kappa shape index (κ1) is 26.1. The van der Waals surface area contributed by atoms with Gasteiger partial charge in [-0.15, -0.1) is 0 Å². The van der Waals surface area contributed by atoms with Gasteiger partial charge >= 0.3 is 6.18 Å². The van der Waals surface area contributed by atoms with Gasteiger partial charge in [0.05, 0.1) is 29.2 Å². The molecule has 1 N–H and O–H groups in total. The Bertz CT molecular complexity index is 1100. The van der Waals surface area contributed by atoms with Gasteiger partial charge in [0.2, 0.25) is 15.9 Å². The van der Waals surface area contributed by atoms with E-state index in [4.69, 9.17) is 4.74 Å². The number of alkyl halides is 3. The van der Waals surface area contributed by atoms with E-state index < -0.39 is 27.7 Å². The molecule has 0 aliphatic carbocycles. The summed E-state index contributed by atoms with van der Waals surface area (Å²) in [4.78, 5) is 14.0. The first-order valence-corrected chi connectivity index (χ1v) is 12.2. The fraction of sp³-hybridized carbons (Fsp3) is 0.435. The van der Waals surface area contributed by atoms with Crippen LogP contribution in [0, 0.1) is 0 Å². The lowest BCUT2D eigenvalue weighted by atomic mass is 10.1. The van der Waals surface area contributed by atoms with Gasteiger partial charge in [-0.05, 0) is 56.8 Å². The minimum Gasteiger partial charge on any atom is -0.373 e. The highest BCUT2D eigenvalue weighted by Crippen LogP contribution is 2.32. The Morgan fingerprint density at radius 1 is 1.09 bits per heavy atom. The zero-order valence-corrected chi connectivity index (χ0v) is 20.0. The normalized spacial score (nSPS) is 19.9. The van der Waals surface area contributed by atoms with Crippen molar-refractivity contribution in [2.75, 3.05) is 32.0 Å². The molecule has 7 nitrogen and oxygen atoms in total. The number of amides is 1. The van der Waals surface area contributed by atoms with Crippen molar-refractivity contribution < 1.29 is 31.1 Å². The number of nitrogens with one attached hydrogen (secondary N) is 1. The van der Waals surface area contributed by atoms with Gasteiger partial charge in [0.15, 0.2) is 0 Å². The van der Waals surface area contributed by atoms with Crippen LogP contribution in [0.3, 0.4) is 0 Å². The third-order valence-electron chi connectivity index (χ3n) is 5.34. The molecule has 186 valence electrons. The number of halogens is 3. The molecule has 1 aliphatic rings. The van der Waals surface area contributed by atoms with Crippen LogP contribution in [0.5, 0.6) is 0 Å². The van der Waals surface area contributed by atoms with Crippen molar-refractivity contribution in [3.05, 3.63) is 59.7 Å². The zero-order chi connectivity index (χ0) is 25.1. The predicted octanol–water partition coefficient (Wildman–Crippen LogP) is 3.57. The lowest BCUT2D eigenvalue weighted by Crippen LogP contribution is -2.48. The van der Waals surface area contributed by atoms with Crippen molar-refractivity contribution in [1.29, 1.82) is 0 Å². The van der Waals surface area contributed by atoms with Crippen LogP contribution >= 0.6 is 0 Å². The van der Waals surface area contributed by atoms with Crippen molar-refractivity contribution in [3.8, 4) is 0 Å². The van der Waals surface area contributed by atoms with Gasteiger partial charge in [0.1, 0.15) is 0 Å². The topological polar surface area (TPSA) is 79.0 Å². The fourth-order valence-electron chi connectivity index (χ4n) is 3.91. The van der Waals surface area contributed by atoms with Gasteiger partial charge in [-0.1, -0.05) is 18.2 Å². The summed E-state index contributed by atoms with van der Waals surface area (Å²) in [6.45, 7) is 3.95. The Hall–Kier alpha value is -2.47. The molecule has 1 saturated heterocycles. The molecule has 0 spiro atoms. The number of morpholine rings is 1. The van der Waals surface area contributed by atoms with Crippen LogP contribution in [0.15, 0.2) is 53.4 Å². The summed E-state index contributed by atoms with van der Waals surface area (Å²) in [6.07, 6.45) is -4.90. The Morgan fingerprint density at radius 2 is 1.68 bits per heavy atom. The molecule has 2 unspecified atom stereocenters. The Labute approximate surface area is 197 Å². The number of likely N-dealkylation sites (N-methyl/N-ethyl adjacent to an activating group) is 1. The van der Waals surface area contributed by atoms with Crippen LogP contribution in [0.2, 0.25) is 0 Å². The van der Waals surface area contributed by atoms with E-state index in [1.54, 1.807) is 7.05 Å². The van der Waals surface area contributed by atoms with Crippen molar-refractivity contribution in [3.63, 3.8) is 0 Å². The van der Waals surface area contributed by atoms with Crippen LogP contribution in [0.1, 0.15) is 25.0 Å². The molecule has 0 aromatic heterocycles. The predicted molar refractivity (Wildman–Crippen MR) is 122 cm³/mol. The van der Waals surface area contributed by atoms with Crippen molar-refractivity contribution in [1.82, 2.24) is 9.21 Å². The minimum absolute atomic E-state index is 0.0589. The van der Waals surface area contributed by atoms with E-state index in [1.165, 1.54) is 51.7 Å². The highest BCUT2D eigenvalue weighted by Gasteiger charge is 2.33. The van der Waals surface area contributed by atoms with Crippen molar-refractivity contribution in [2.45, 2.75) is 43.7 Å². The summed E-state index contributed by atoms with van der Waals surface area (Å²) in [5, 5.41) is 2.64. The number of carbonyl (C=O) groups is 1. The largest absolute Gasteiger partial charge is 0.416 e. The molecule has 2 aromatic rings. The van der Waals surface area contributed by atoms with Crippen LogP contribution < -0.4 is 5.32 Å². The molecular weight excluding hydrogens is 471 g/mol. The molecular formula is C23H28F3N3O4S. The maximum absolute atomic E-state index is 13.2. The number of sulfonamides is 1. The quantitative estimate of drug-likeness (QED) is 0.630. The second-order valence-electron chi connectivity index (χ2n) is 8.48. The van der Waals surface area contributed by atoms with E-state index >= 15 is 0 Å². The van der Waals surface area contributed by atoms with E-state index in [2.05, 4.69) is 5.32 Å². The van der Waals surface area contributed by atoms with E-state index in [0.29, 0.717) is 5.69 Å². The van der Waals surface area contributed by atoms with Crippen LogP contribution in [0.25, 0.3) is 0 Å². The average molecular weight is 500 g/mol. The third kappa shape index (κ3) is 6.56. The van der Waals surface area contributed by atoms with E-state index in [0.717, 1.165) is 6.07 Å². The Morgan fingerprint density at radius 3 is 2.26 bits per heavy atom. The first-order chi connectivity index (χ1) is 15.9. The molecule has 11 heteroatoms. The van der Waals surface area contributed by atoms with Crippen LogP contribution in [-0.2, 0) is 32.3 Å². The van der Waals surface area contributed by atoms with Gasteiger partial charge in [-0.3, -0.25) is 9.69 Å². The summed E-state index contributed by atoms with van der Waals surface area (Å²) in [7, 11) is -2.15. The summed E-state index contributed by atoms with van der Waals surface area (Å²) >= 11 is 0. The van der Waals surface area contributed by atoms with E-state index in [-0.39, 0.29) is 48.8 Å². The number of nitrogens with zero attached hydrogens (tertiary/aromatic N) is 2. The standard InChI is InChI=1S/C23H28F3N3O4S/c1-16-12-29(13-17(2)33-16)34(31,32)20-10-8-19(9-11-20)27-22(30)15-28(3)14-18-6-4-5-7-21(18)23(24,25)26/h4-11,16-17H,12-15H2,1-3H3,(H,27,30). The van der Waals surface area contributed by atoms with Gasteiger partial charge in [0, 0.05) is 25.3 Å². The molecule has 3 rings (SSSR count). The maximum atomic E-state index is 13.2. The molecule has 1 heterocycles. The molecule has 0 bridgehead atoms. The number of carbonyl (C=O) groups excluding carboxylic acids is 1. The van der Waals surface area contributed by atoms with Crippen molar-refractivity contribution >= 4 is 21.6 Å². The molecule has 0 radical (unpaired) electrons. The summed E-state index contributed by atoms with van der Waals surface area (Å²) < 4.78 is 72.3. The van der Waals surface area contributed by atoms with Crippen LogP contribution in [0.4, 0.5) is 18.9 Å². The second kappa shape index (κ2) is 10.4. The van der Waals surface area contributed by atoms with E-state index in [9.17, 15) is 26.4 Å². The lowest BCUT2D eigenvalue weighted by molar-refractivity contribution is -0.138. The zero-order valence-electron chi connectivity index (χ0n) is 19.2. The molecule has 1 aliphatic heterocycles. The first-order valence-electron chi connectivity index (χ1n) is 10.8. The second-order valence-corrected chi connectivity index (χ2v) is 10.4. The molecule has 1 amide bonds. The minimum atomic E-state index is -4.47. The van der Waals surface area contributed by atoms with Gasteiger partial charge in [-0.25, -0.2) is 8.42 Å². The molecule has 2 atom stereocenters. The van der Waals surface area contributed by atoms with Crippen LogP contribution in [-0.4, -0.2) is 62.4 Å². The summed E-state index contributed by atoms with van der Waals surface area (Å²) in [6, 6.07) is 11.0. The summed E-state index contributed by atoms with van der Waals surface area (Å²) in [5.74, 6) is -0.432. The number of rotatable bonds is 7. The third-order valence-corrected chi connectivity index (χ3v) is 7.18. The number of hydrogen-bond donors (Lipinski definition) is 1. The number of anilines is 1. The fourth-order valence-corrected chi connectivity index (χ4v) is 5.50. The number of benzene rings is 2. The number of ether oxygens (including phenoxy) is 1. The monoisotopic (exact) mass is 499 g/mol. The maximum Gasteiger partial charge on any atom is 0.416 e. The van der Waals surface area contributed by atoms with Gasteiger partial charge in [0.25, 0.3) is 0 Å². The Balaban J connectivity index is 1.60. The number of hydrogen-bond acceptors (Lipinski definition) is 5. The van der Waals surface area contributed by atoms with Gasteiger partial charge in [-0.2, -0.15) is 17.5 Å².